The summed E-state index contributed by atoms with van der Waals surface area (Å²) in [5, 5.41) is 20.5. The molecule has 1 aromatic heterocycles. The van der Waals surface area contributed by atoms with Gasteiger partial charge in [-0.3, -0.25) is 10.1 Å². The number of aromatic nitrogens is 2. The summed E-state index contributed by atoms with van der Waals surface area (Å²) >= 11 is 0. The summed E-state index contributed by atoms with van der Waals surface area (Å²) in [5.41, 5.74) is -0.114. The van der Waals surface area contributed by atoms with Crippen molar-refractivity contribution in [3.05, 3.63) is 53.1 Å². The molecule has 1 heterocycles. The molecule has 2 aromatic rings. The Morgan fingerprint density at radius 1 is 1.47 bits per heavy atom. The van der Waals surface area contributed by atoms with Gasteiger partial charge in [0.15, 0.2) is 5.75 Å². The van der Waals surface area contributed by atoms with Crippen molar-refractivity contribution in [3.63, 3.8) is 0 Å². The number of hydrogen-bond acceptors (Lipinski definition) is 5. The second-order valence-corrected chi connectivity index (χ2v) is 3.95. The standard InChI is InChI=1S/C12H13N3O4/c16-10(7-14-6-5-13-9-14)8-19-12-4-2-1-3-11(12)15(17)18/h1-6,9-10,16H,7-8H2. The molecule has 0 aliphatic carbocycles. The second-order valence-electron chi connectivity index (χ2n) is 3.95. The second kappa shape index (κ2) is 5.96. The first-order valence-electron chi connectivity index (χ1n) is 5.67. The van der Waals surface area contributed by atoms with Crippen molar-refractivity contribution in [2.75, 3.05) is 6.61 Å². The van der Waals surface area contributed by atoms with Crippen molar-refractivity contribution in [2.45, 2.75) is 12.6 Å². The monoisotopic (exact) mass is 263 g/mol. The van der Waals surface area contributed by atoms with Gasteiger partial charge in [0.25, 0.3) is 0 Å². The molecule has 0 bridgehead atoms. The average molecular weight is 263 g/mol. The van der Waals surface area contributed by atoms with E-state index in [-0.39, 0.29) is 18.0 Å². The van der Waals surface area contributed by atoms with Crippen LogP contribution in [0.15, 0.2) is 43.0 Å². The normalized spacial score (nSPS) is 12.1. The number of nitro benzene ring substituents is 1. The minimum atomic E-state index is -0.769. The van der Waals surface area contributed by atoms with Crippen molar-refractivity contribution >= 4 is 5.69 Å². The zero-order chi connectivity index (χ0) is 13.7. The van der Waals surface area contributed by atoms with E-state index in [4.69, 9.17) is 4.74 Å². The van der Waals surface area contributed by atoms with E-state index in [1.807, 2.05) is 0 Å². The van der Waals surface area contributed by atoms with Crippen LogP contribution in [0.2, 0.25) is 0 Å². The highest BCUT2D eigenvalue weighted by Gasteiger charge is 2.15. The van der Waals surface area contributed by atoms with Crippen LogP contribution >= 0.6 is 0 Å². The van der Waals surface area contributed by atoms with Gasteiger partial charge in [-0.2, -0.15) is 0 Å². The third-order valence-electron chi connectivity index (χ3n) is 2.47. The Labute approximate surface area is 109 Å². The molecule has 0 saturated heterocycles. The van der Waals surface area contributed by atoms with E-state index in [9.17, 15) is 15.2 Å². The lowest BCUT2D eigenvalue weighted by molar-refractivity contribution is -0.385. The molecule has 1 unspecified atom stereocenters. The van der Waals surface area contributed by atoms with Crippen LogP contribution in [0.1, 0.15) is 0 Å². The number of nitrogens with zero attached hydrogens (tertiary/aromatic N) is 3. The molecule has 100 valence electrons. The SMILES string of the molecule is O=[N+]([O-])c1ccccc1OCC(O)Cn1ccnc1. The Balaban J connectivity index is 1.93. The molecule has 0 aliphatic rings. The predicted octanol–water partition coefficient (Wildman–Crippen LogP) is 1.23. The third-order valence-corrected chi connectivity index (χ3v) is 2.47. The van der Waals surface area contributed by atoms with Crippen LogP contribution in [0.3, 0.4) is 0 Å². The zero-order valence-corrected chi connectivity index (χ0v) is 10.0. The van der Waals surface area contributed by atoms with Crippen LogP contribution in [0, 0.1) is 10.1 Å². The van der Waals surface area contributed by atoms with Crippen LogP contribution in [-0.2, 0) is 6.54 Å². The van der Waals surface area contributed by atoms with Crippen LogP contribution in [0.25, 0.3) is 0 Å². The number of para-hydroxylation sites is 2. The number of benzene rings is 1. The molecule has 1 aromatic carbocycles. The lowest BCUT2D eigenvalue weighted by Gasteiger charge is -2.12. The Kier molecular flexibility index (Phi) is 4.09. The van der Waals surface area contributed by atoms with Crippen molar-refractivity contribution in [3.8, 4) is 5.75 Å². The summed E-state index contributed by atoms with van der Waals surface area (Å²) in [6, 6.07) is 6.07. The topological polar surface area (TPSA) is 90.4 Å². The first kappa shape index (κ1) is 13.0. The van der Waals surface area contributed by atoms with Crippen LogP contribution < -0.4 is 4.74 Å². The van der Waals surface area contributed by atoms with E-state index in [1.165, 1.54) is 12.1 Å². The summed E-state index contributed by atoms with van der Waals surface area (Å²) in [5.74, 6) is 0.150. The lowest BCUT2D eigenvalue weighted by Crippen LogP contribution is -2.23. The average Bonchev–Trinajstić information content (AvgIpc) is 2.89. The van der Waals surface area contributed by atoms with E-state index < -0.39 is 11.0 Å². The van der Waals surface area contributed by atoms with Gasteiger partial charge in [0, 0.05) is 18.5 Å². The van der Waals surface area contributed by atoms with Crippen molar-refractivity contribution in [1.82, 2.24) is 9.55 Å². The Morgan fingerprint density at radius 2 is 2.26 bits per heavy atom. The maximum absolute atomic E-state index is 10.8. The number of imidazole rings is 1. The van der Waals surface area contributed by atoms with Gasteiger partial charge in [-0.05, 0) is 6.07 Å². The van der Waals surface area contributed by atoms with E-state index in [2.05, 4.69) is 4.98 Å². The van der Waals surface area contributed by atoms with Gasteiger partial charge in [-0.15, -0.1) is 0 Å². The van der Waals surface area contributed by atoms with Crippen molar-refractivity contribution in [2.24, 2.45) is 0 Å². The zero-order valence-electron chi connectivity index (χ0n) is 10.0. The smallest absolute Gasteiger partial charge is 0.310 e. The highest BCUT2D eigenvalue weighted by Crippen LogP contribution is 2.25. The summed E-state index contributed by atoms with van der Waals surface area (Å²) in [6.07, 6.45) is 4.13. The molecular formula is C12H13N3O4. The molecule has 0 saturated carbocycles. The number of hydrogen-bond donors (Lipinski definition) is 1. The van der Waals surface area contributed by atoms with Crippen molar-refractivity contribution in [1.29, 1.82) is 0 Å². The predicted molar refractivity (Wildman–Crippen MR) is 66.8 cm³/mol. The molecule has 7 heteroatoms. The largest absolute Gasteiger partial charge is 0.484 e. The van der Waals surface area contributed by atoms with Crippen LogP contribution in [0.4, 0.5) is 5.69 Å². The number of rotatable bonds is 6. The van der Waals surface area contributed by atoms with Gasteiger partial charge >= 0.3 is 5.69 Å². The molecule has 0 amide bonds. The summed E-state index contributed by atoms with van der Waals surface area (Å²) in [7, 11) is 0. The van der Waals surface area contributed by atoms with E-state index in [1.54, 1.807) is 35.4 Å². The Morgan fingerprint density at radius 3 is 2.95 bits per heavy atom. The maximum atomic E-state index is 10.8. The van der Waals surface area contributed by atoms with Gasteiger partial charge in [0.05, 0.1) is 17.8 Å². The highest BCUT2D eigenvalue weighted by molar-refractivity contribution is 5.45. The summed E-state index contributed by atoms with van der Waals surface area (Å²) in [6.45, 7) is 0.295. The Bertz CT molecular complexity index is 542. The highest BCUT2D eigenvalue weighted by atomic mass is 16.6. The molecule has 19 heavy (non-hydrogen) atoms. The number of aliphatic hydroxyl groups excluding tert-OH is 1. The van der Waals surface area contributed by atoms with E-state index in [0.29, 0.717) is 6.54 Å². The summed E-state index contributed by atoms with van der Waals surface area (Å²) < 4.78 is 6.99. The fourth-order valence-corrected chi connectivity index (χ4v) is 1.61. The number of nitro groups is 1. The van der Waals surface area contributed by atoms with E-state index >= 15 is 0 Å². The van der Waals surface area contributed by atoms with Crippen LogP contribution in [0.5, 0.6) is 5.75 Å². The van der Waals surface area contributed by atoms with Gasteiger partial charge in [0.1, 0.15) is 12.7 Å². The quantitative estimate of drug-likeness (QED) is 0.625. The fraction of sp³-hybridized carbons (Fsp3) is 0.250. The Hall–Kier alpha value is -2.41. The fourth-order valence-electron chi connectivity index (χ4n) is 1.61. The molecular weight excluding hydrogens is 250 g/mol. The molecule has 0 spiro atoms. The minimum Gasteiger partial charge on any atom is -0.484 e. The molecule has 7 nitrogen and oxygen atoms in total. The molecule has 1 atom stereocenters. The number of aliphatic hydroxyl groups is 1. The number of ether oxygens (including phenoxy) is 1. The third kappa shape index (κ3) is 3.52. The van der Waals surface area contributed by atoms with Gasteiger partial charge < -0.3 is 14.4 Å². The first-order chi connectivity index (χ1) is 9.16. The van der Waals surface area contributed by atoms with E-state index in [0.717, 1.165) is 0 Å². The maximum Gasteiger partial charge on any atom is 0.310 e. The molecule has 0 radical (unpaired) electrons. The first-order valence-corrected chi connectivity index (χ1v) is 5.67. The van der Waals surface area contributed by atoms with Crippen LogP contribution in [-0.4, -0.2) is 32.3 Å². The summed E-state index contributed by atoms with van der Waals surface area (Å²) in [4.78, 5) is 14.1. The minimum absolute atomic E-state index is 0.0248. The van der Waals surface area contributed by atoms with Gasteiger partial charge in [0.2, 0.25) is 0 Å². The molecule has 0 aliphatic heterocycles. The lowest BCUT2D eigenvalue weighted by atomic mass is 10.3. The molecule has 1 N–H and O–H groups in total. The molecule has 2 rings (SSSR count). The van der Waals surface area contributed by atoms with Crippen molar-refractivity contribution < 1.29 is 14.8 Å². The van der Waals surface area contributed by atoms with Gasteiger partial charge in [-0.1, -0.05) is 12.1 Å². The van der Waals surface area contributed by atoms with Gasteiger partial charge in [-0.25, -0.2) is 4.98 Å². The molecule has 0 fully saturated rings.